The maximum absolute atomic E-state index is 14.3. The van der Waals surface area contributed by atoms with Crippen molar-refractivity contribution in [3.05, 3.63) is 70.8 Å². The van der Waals surface area contributed by atoms with Gasteiger partial charge in [-0.15, -0.1) is 0 Å². The van der Waals surface area contributed by atoms with Gasteiger partial charge in [0.15, 0.2) is 0 Å². The summed E-state index contributed by atoms with van der Waals surface area (Å²) in [7, 11) is 0. The Kier molecular flexibility index (Phi) is 13.5. The van der Waals surface area contributed by atoms with Gasteiger partial charge in [-0.05, 0) is 81.7 Å². The molecule has 0 heterocycles. The highest BCUT2D eigenvalue weighted by Gasteiger charge is 2.37. The van der Waals surface area contributed by atoms with Crippen molar-refractivity contribution in [1.29, 1.82) is 0 Å². The lowest BCUT2D eigenvalue weighted by Crippen LogP contribution is -2.53. The van der Waals surface area contributed by atoms with Gasteiger partial charge < -0.3 is 20.3 Å². The molecule has 2 N–H and O–H groups in total. The molecule has 8 heteroatoms. The Morgan fingerprint density at radius 3 is 2.20 bits per heavy atom. The standard InChI is InChI=1S/C32H47N3O4S/c1-8-9-13-20-35(30(37)26(19-21-40-7)34-31(38)39-32(4,5)6)28(27-23(2)15-14-16-24(27)3)29(36)33-22-25-17-11-10-12-18-25/h10-12,14-18,26,28H,8-9,13,19-22H2,1-7H3,(H,33,36)(H,34,38). The number of ether oxygens (including phenoxy) is 1. The normalized spacial score (nSPS) is 12.8. The van der Waals surface area contributed by atoms with E-state index in [2.05, 4.69) is 17.6 Å². The lowest BCUT2D eigenvalue weighted by Gasteiger charge is -2.36. The van der Waals surface area contributed by atoms with Crippen molar-refractivity contribution in [2.75, 3.05) is 18.6 Å². The molecule has 0 aliphatic rings. The molecule has 7 nitrogen and oxygen atoms in total. The minimum atomic E-state index is -0.841. The van der Waals surface area contributed by atoms with Crippen LogP contribution in [0.15, 0.2) is 48.5 Å². The molecule has 2 atom stereocenters. The molecule has 2 rings (SSSR count). The zero-order chi connectivity index (χ0) is 29.7. The van der Waals surface area contributed by atoms with Crippen LogP contribution in [-0.4, -0.2) is 53.0 Å². The van der Waals surface area contributed by atoms with E-state index < -0.39 is 23.8 Å². The molecular formula is C32H47N3O4S. The van der Waals surface area contributed by atoms with E-state index in [1.807, 2.05) is 68.6 Å². The summed E-state index contributed by atoms with van der Waals surface area (Å²) >= 11 is 1.60. The van der Waals surface area contributed by atoms with E-state index in [9.17, 15) is 14.4 Å². The number of benzene rings is 2. The number of unbranched alkanes of at least 4 members (excludes halogenated alkanes) is 2. The number of hydrogen-bond acceptors (Lipinski definition) is 5. The van der Waals surface area contributed by atoms with Crippen molar-refractivity contribution in [2.24, 2.45) is 0 Å². The van der Waals surface area contributed by atoms with Gasteiger partial charge >= 0.3 is 6.09 Å². The SMILES string of the molecule is CCCCCN(C(=O)C(CCSC)NC(=O)OC(C)(C)C)C(C(=O)NCc1ccccc1)c1c(C)cccc1C. The molecule has 0 aliphatic carbocycles. The molecule has 2 aromatic rings. The monoisotopic (exact) mass is 569 g/mol. The van der Waals surface area contributed by atoms with Gasteiger partial charge in [0, 0.05) is 13.1 Å². The number of amides is 3. The molecule has 2 unspecified atom stereocenters. The number of thioether (sulfide) groups is 1. The molecule has 40 heavy (non-hydrogen) atoms. The average molecular weight is 570 g/mol. The lowest BCUT2D eigenvalue weighted by molar-refractivity contribution is -0.142. The second kappa shape index (κ2) is 16.3. The minimum Gasteiger partial charge on any atom is -0.444 e. The van der Waals surface area contributed by atoms with Crippen molar-refractivity contribution in [2.45, 2.75) is 91.5 Å². The zero-order valence-corrected chi connectivity index (χ0v) is 26.0. The smallest absolute Gasteiger partial charge is 0.408 e. The number of hydrogen-bond donors (Lipinski definition) is 2. The Morgan fingerprint density at radius 2 is 1.62 bits per heavy atom. The van der Waals surface area contributed by atoms with E-state index in [0.717, 1.165) is 41.5 Å². The van der Waals surface area contributed by atoms with Gasteiger partial charge in [0.1, 0.15) is 17.7 Å². The Balaban J connectivity index is 2.52. The quantitative estimate of drug-likeness (QED) is 0.260. The van der Waals surface area contributed by atoms with Crippen molar-refractivity contribution in [3.63, 3.8) is 0 Å². The first-order valence-electron chi connectivity index (χ1n) is 14.1. The molecule has 0 radical (unpaired) electrons. The molecule has 0 aliphatic heterocycles. The number of alkyl carbamates (subject to hydrolysis) is 1. The van der Waals surface area contributed by atoms with Gasteiger partial charge in [0.2, 0.25) is 11.8 Å². The number of carbonyl (C=O) groups excluding carboxylic acids is 3. The molecule has 0 saturated heterocycles. The fourth-order valence-electron chi connectivity index (χ4n) is 4.61. The highest BCUT2D eigenvalue weighted by Crippen LogP contribution is 2.29. The summed E-state index contributed by atoms with van der Waals surface area (Å²) in [6.45, 7) is 12.2. The lowest BCUT2D eigenvalue weighted by atomic mass is 9.93. The minimum absolute atomic E-state index is 0.244. The third kappa shape index (κ3) is 10.5. The van der Waals surface area contributed by atoms with E-state index in [1.54, 1.807) is 37.4 Å². The summed E-state index contributed by atoms with van der Waals surface area (Å²) in [5.41, 5.74) is 2.97. The van der Waals surface area contributed by atoms with E-state index in [4.69, 9.17) is 4.74 Å². The molecule has 0 bridgehead atoms. The van der Waals surface area contributed by atoms with Gasteiger partial charge in [-0.1, -0.05) is 68.3 Å². The van der Waals surface area contributed by atoms with Gasteiger partial charge in [0.05, 0.1) is 0 Å². The van der Waals surface area contributed by atoms with Crippen LogP contribution in [0.2, 0.25) is 0 Å². The van der Waals surface area contributed by atoms with Crippen LogP contribution in [0.3, 0.4) is 0 Å². The first kappa shape index (κ1) is 33.2. The van der Waals surface area contributed by atoms with Crippen molar-refractivity contribution in [1.82, 2.24) is 15.5 Å². The molecule has 0 aromatic heterocycles. The zero-order valence-electron chi connectivity index (χ0n) is 25.2. The highest BCUT2D eigenvalue weighted by atomic mass is 32.2. The highest BCUT2D eigenvalue weighted by molar-refractivity contribution is 7.98. The van der Waals surface area contributed by atoms with Crippen molar-refractivity contribution < 1.29 is 19.1 Å². The molecule has 3 amide bonds. The molecule has 220 valence electrons. The third-order valence-corrected chi connectivity index (χ3v) is 7.21. The van der Waals surface area contributed by atoms with E-state index in [1.165, 1.54) is 0 Å². The van der Waals surface area contributed by atoms with Crippen LogP contribution in [-0.2, 0) is 20.9 Å². The van der Waals surface area contributed by atoms with Crippen molar-refractivity contribution in [3.8, 4) is 0 Å². The van der Waals surface area contributed by atoms with Gasteiger partial charge in [0.25, 0.3) is 0 Å². The second-order valence-corrected chi connectivity index (χ2v) is 12.1. The number of rotatable bonds is 14. The fourth-order valence-corrected chi connectivity index (χ4v) is 5.08. The second-order valence-electron chi connectivity index (χ2n) is 11.1. The predicted molar refractivity (Wildman–Crippen MR) is 164 cm³/mol. The molecular weight excluding hydrogens is 522 g/mol. The van der Waals surface area contributed by atoms with Crippen LogP contribution in [0.25, 0.3) is 0 Å². The van der Waals surface area contributed by atoms with E-state index in [0.29, 0.717) is 25.3 Å². The number of nitrogens with one attached hydrogen (secondary N) is 2. The Bertz CT molecular complexity index is 1080. The van der Waals surface area contributed by atoms with Crippen LogP contribution in [0, 0.1) is 13.8 Å². The Morgan fingerprint density at radius 1 is 0.975 bits per heavy atom. The van der Waals surface area contributed by atoms with E-state index >= 15 is 0 Å². The first-order valence-corrected chi connectivity index (χ1v) is 15.5. The predicted octanol–water partition coefficient (Wildman–Crippen LogP) is 6.33. The summed E-state index contributed by atoms with van der Waals surface area (Å²) < 4.78 is 5.49. The average Bonchev–Trinajstić information content (AvgIpc) is 2.89. The summed E-state index contributed by atoms with van der Waals surface area (Å²) in [4.78, 5) is 42.8. The number of aryl methyl sites for hydroxylation is 2. The fraction of sp³-hybridized carbons (Fsp3) is 0.531. The van der Waals surface area contributed by atoms with Crippen LogP contribution < -0.4 is 10.6 Å². The van der Waals surface area contributed by atoms with Gasteiger partial charge in [-0.3, -0.25) is 9.59 Å². The molecule has 0 fully saturated rings. The third-order valence-electron chi connectivity index (χ3n) is 6.57. The molecule has 2 aromatic carbocycles. The summed E-state index contributed by atoms with van der Waals surface area (Å²) in [5.74, 6) is 0.147. The topological polar surface area (TPSA) is 87.7 Å². The summed E-state index contributed by atoms with van der Waals surface area (Å²) in [6, 6.07) is 14.0. The van der Waals surface area contributed by atoms with Crippen LogP contribution >= 0.6 is 11.8 Å². The van der Waals surface area contributed by atoms with Crippen LogP contribution in [0.4, 0.5) is 4.79 Å². The Hall–Kier alpha value is -3.00. The number of nitrogens with zero attached hydrogens (tertiary/aromatic N) is 1. The van der Waals surface area contributed by atoms with Gasteiger partial charge in [-0.2, -0.15) is 11.8 Å². The van der Waals surface area contributed by atoms with Crippen LogP contribution in [0.5, 0.6) is 0 Å². The first-order chi connectivity index (χ1) is 19.0. The Labute approximate surface area is 244 Å². The summed E-state index contributed by atoms with van der Waals surface area (Å²) in [6.07, 6.45) is 4.39. The molecule has 0 spiro atoms. The van der Waals surface area contributed by atoms with Crippen LogP contribution in [0.1, 0.15) is 81.7 Å². The molecule has 0 saturated carbocycles. The summed E-state index contributed by atoms with van der Waals surface area (Å²) in [5, 5.41) is 5.90. The maximum atomic E-state index is 14.3. The van der Waals surface area contributed by atoms with E-state index in [-0.39, 0.29) is 11.8 Å². The van der Waals surface area contributed by atoms with Crippen molar-refractivity contribution >= 4 is 29.7 Å². The maximum Gasteiger partial charge on any atom is 0.408 e. The van der Waals surface area contributed by atoms with Gasteiger partial charge in [-0.25, -0.2) is 4.79 Å². The number of carbonyl (C=O) groups is 3. The largest absolute Gasteiger partial charge is 0.444 e.